The number of aliphatic hydroxyl groups excluding tert-OH is 1. The maximum atomic E-state index is 11.8. The molecule has 104 valence electrons. The first-order valence-corrected chi connectivity index (χ1v) is 6.28. The molecule has 1 fully saturated rings. The summed E-state index contributed by atoms with van der Waals surface area (Å²) in [6.07, 6.45) is 2.31. The fourth-order valence-electron chi connectivity index (χ4n) is 2.48. The summed E-state index contributed by atoms with van der Waals surface area (Å²) >= 11 is 0. The normalized spacial score (nSPS) is 22.6. The van der Waals surface area contributed by atoms with E-state index in [0.717, 1.165) is 25.8 Å². The minimum Gasteiger partial charge on any atom is -0.395 e. The number of amides is 2. The smallest absolute Gasteiger partial charge is 0.225 e. The van der Waals surface area contributed by atoms with Gasteiger partial charge in [0.05, 0.1) is 24.7 Å². The van der Waals surface area contributed by atoms with E-state index in [4.69, 9.17) is 9.84 Å². The quantitative estimate of drug-likeness (QED) is 0.596. The molecule has 1 rings (SSSR count). The Morgan fingerprint density at radius 2 is 2.39 bits per heavy atom. The summed E-state index contributed by atoms with van der Waals surface area (Å²) in [6, 6.07) is -0.0395. The van der Waals surface area contributed by atoms with Crippen molar-refractivity contribution in [3.05, 3.63) is 0 Å². The number of carbonyl (C=O) groups excluding carboxylic acids is 2. The Bertz CT molecular complexity index is 285. The first-order valence-electron chi connectivity index (χ1n) is 6.28. The van der Waals surface area contributed by atoms with Gasteiger partial charge in [0.25, 0.3) is 0 Å². The number of aliphatic hydroxyl groups is 1. The van der Waals surface area contributed by atoms with Crippen LogP contribution in [0, 0.1) is 5.92 Å². The molecule has 3 unspecified atom stereocenters. The van der Waals surface area contributed by atoms with E-state index in [1.807, 2.05) is 0 Å². The van der Waals surface area contributed by atoms with Crippen LogP contribution in [0.5, 0.6) is 0 Å². The number of nitrogens with one attached hydrogen (secondary N) is 1. The molecule has 6 heteroatoms. The number of carbonyl (C=O) groups is 2. The van der Waals surface area contributed by atoms with E-state index in [-0.39, 0.29) is 37.1 Å². The van der Waals surface area contributed by atoms with Crippen molar-refractivity contribution in [2.45, 2.75) is 31.9 Å². The molecule has 1 heterocycles. The molecule has 0 aromatic heterocycles. The van der Waals surface area contributed by atoms with Gasteiger partial charge in [0.1, 0.15) is 0 Å². The van der Waals surface area contributed by atoms with Gasteiger partial charge in [-0.2, -0.15) is 0 Å². The van der Waals surface area contributed by atoms with Crippen molar-refractivity contribution in [2.75, 3.05) is 26.8 Å². The molecule has 0 aromatic rings. The summed E-state index contributed by atoms with van der Waals surface area (Å²) in [5.41, 5.74) is 0. The lowest BCUT2D eigenvalue weighted by molar-refractivity contribution is -0.133. The number of likely N-dealkylation sites (tertiary alicyclic amines) is 1. The summed E-state index contributed by atoms with van der Waals surface area (Å²) < 4.78 is 5.41. The molecular weight excluding hydrogens is 236 g/mol. The van der Waals surface area contributed by atoms with Gasteiger partial charge in [-0.25, -0.2) is 0 Å². The van der Waals surface area contributed by atoms with Crippen molar-refractivity contribution >= 4 is 12.3 Å². The molecule has 0 radical (unpaired) electrons. The van der Waals surface area contributed by atoms with E-state index in [9.17, 15) is 9.59 Å². The zero-order valence-corrected chi connectivity index (χ0v) is 11.0. The fourth-order valence-corrected chi connectivity index (χ4v) is 2.48. The van der Waals surface area contributed by atoms with Crippen LogP contribution >= 0.6 is 0 Å². The molecule has 0 bridgehead atoms. The van der Waals surface area contributed by atoms with Gasteiger partial charge >= 0.3 is 0 Å². The molecule has 1 aliphatic rings. The number of ether oxygens (including phenoxy) is 1. The second-order valence-corrected chi connectivity index (χ2v) is 4.56. The summed E-state index contributed by atoms with van der Waals surface area (Å²) in [4.78, 5) is 24.5. The van der Waals surface area contributed by atoms with Gasteiger partial charge in [-0.05, 0) is 12.8 Å². The van der Waals surface area contributed by atoms with Crippen LogP contribution in [0.3, 0.4) is 0 Å². The third-order valence-corrected chi connectivity index (χ3v) is 3.45. The summed E-state index contributed by atoms with van der Waals surface area (Å²) in [7, 11) is 1.56. The Morgan fingerprint density at radius 1 is 1.67 bits per heavy atom. The van der Waals surface area contributed by atoms with E-state index < -0.39 is 0 Å². The highest BCUT2D eigenvalue weighted by Gasteiger charge is 2.36. The largest absolute Gasteiger partial charge is 0.395 e. The van der Waals surface area contributed by atoms with Crippen LogP contribution in [-0.2, 0) is 14.3 Å². The van der Waals surface area contributed by atoms with Crippen LogP contribution in [0.15, 0.2) is 0 Å². The molecular formula is C12H22N2O4. The minimum atomic E-state index is -0.355. The molecule has 2 amide bonds. The Kier molecular flexibility index (Phi) is 6.07. The molecule has 1 saturated heterocycles. The fraction of sp³-hybridized carbons (Fsp3) is 0.833. The molecule has 0 spiro atoms. The van der Waals surface area contributed by atoms with Gasteiger partial charge in [-0.1, -0.05) is 6.92 Å². The molecule has 0 aliphatic carbocycles. The Labute approximate surface area is 107 Å². The predicted octanol–water partition coefficient (Wildman–Crippen LogP) is -0.633. The number of methoxy groups -OCH3 is 1. The average molecular weight is 258 g/mol. The SMILES string of the molecule is COC(C(C)C(=O)NCCO)C1CCCN1C=O. The second-order valence-electron chi connectivity index (χ2n) is 4.56. The monoisotopic (exact) mass is 258 g/mol. The van der Waals surface area contributed by atoms with Crippen molar-refractivity contribution in [3.8, 4) is 0 Å². The molecule has 6 nitrogen and oxygen atoms in total. The van der Waals surface area contributed by atoms with E-state index >= 15 is 0 Å². The summed E-state index contributed by atoms with van der Waals surface area (Å²) in [5, 5.41) is 11.3. The summed E-state index contributed by atoms with van der Waals surface area (Å²) in [5.74, 6) is -0.513. The van der Waals surface area contributed by atoms with E-state index in [1.165, 1.54) is 0 Å². The van der Waals surface area contributed by atoms with E-state index in [1.54, 1.807) is 18.9 Å². The number of hydrogen-bond donors (Lipinski definition) is 2. The first-order chi connectivity index (χ1) is 8.65. The van der Waals surface area contributed by atoms with Gasteiger partial charge in [0.15, 0.2) is 0 Å². The van der Waals surface area contributed by atoms with Crippen LogP contribution in [0.2, 0.25) is 0 Å². The Hall–Kier alpha value is -1.14. The number of nitrogens with zero attached hydrogens (tertiary/aromatic N) is 1. The van der Waals surface area contributed by atoms with Crippen molar-refractivity contribution in [1.29, 1.82) is 0 Å². The molecule has 3 atom stereocenters. The molecule has 2 N–H and O–H groups in total. The minimum absolute atomic E-state index is 0.0395. The zero-order chi connectivity index (χ0) is 13.5. The van der Waals surface area contributed by atoms with Gasteiger partial charge in [-0.3, -0.25) is 9.59 Å². The Balaban J connectivity index is 2.64. The highest BCUT2D eigenvalue weighted by molar-refractivity contribution is 5.79. The van der Waals surface area contributed by atoms with Crippen LogP contribution in [0.1, 0.15) is 19.8 Å². The lowest BCUT2D eigenvalue weighted by Gasteiger charge is -2.31. The van der Waals surface area contributed by atoms with Crippen LogP contribution in [0.4, 0.5) is 0 Å². The highest BCUT2D eigenvalue weighted by atomic mass is 16.5. The van der Waals surface area contributed by atoms with E-state index in [0.29, 0.717) is 0 Å². The molecule has 0 aromatic carbocycles. The van der Waals surface area contributed by atoms with Crippen molar-refractivity contribution in [3.63, 3.8) is 0 Å². The molecule has 1 aliphatic heterocycles. The third-order valence-electron chi connectivity index (χ3n) is 3.45. The van der Waals surface area contributed by atoms with E-state index in [2.05, 4.69) is 5.32 Å². The zero-order valence-electron chi connectivity index (χ0n) is 11.0. The maximum absolute atomic E-state index is 11.8. The van der Waals surface area contributed by atoms with Gasteiger partial charge in [0, 0.05) is 20.2 Å². The molecule has 18 heavy (non-hydrogen) atoms. The Morgan fingerprint density at radius 3 is 2.94 bits per heavy atom. The standard InChI is InChI=1S/C12H22N2O4/c1-9(12(17)13-5-7-15)11(18-2)10-4-3-6-14(10)8-16/h8-11,15H,3-7H2,1-2H3,(H,13,17). The predicted molar refractivity (Wildman–Crippen MR) is 65.8 cm³/mol. The second kappa shape index (κ2) is 7.33. The van der Waals surface area contributed by atoms with Crippen LogP contribution in [0.25, 0.3) is 0 Å². The lowest BCUT2D eigenvalue weighted by atomic mass is 9.95. The topological polar surface area (TPSA) is 78.9 Å². The van der Waals surface area contributed by atoms with Crippen LogP contribution in [-0.4, -0.2) is 61.3 Å². The van der Waals surface area contributed by atoms with Crippen molar-refractivity contribution < 1.29 is 19.4 Å². The van der Waals surface area contributed by atoms with Gasteiger partial charge in [-0.15, -0.1) is 0 Å². The van der Waals surface area contributed by atoms with Crippen molar-refractivity contribution in [1.82, 2.24) is 10.2 Å². The average Bonchev–Trinajstić information content (AvgIpc) is 2.84. The summed E-state index contributed by atoms with van der Waals surface area (Å²) in [6.45, 7) is 2.66. The first kappa shape index (κ1) is 14.9. The van der Waals surface area contributed by atoms with Crippen molar-refractivity contribution in [2.24, 2.45) is 5.92 Å². The lowest BCUT2D eigenvalue weighted by Crippen LogP contribution is -2.47. The maximum Gasteiger partial charge on any atom is 0.225 e. The van der Waals surface area contributed by atoms with Gasteiger partial charge < -0.3 is 20.1 Å². The number of hydrogen-bond acceptors (Lipinski definition) is 4. The third kappa shape index (κ3) is 3.43. The highest BCUT2D eigenvalue weighted by Crippen LogP contribution is 2.24. The van der Waals surface area contributed by atoms with Crippen LogP contribution < -0.4 is 5.32 Å². The van der Waals surface area contributed by atoms with Gasteiger partial charge in [0.2, 0.25) is 12.3 Å². The molecule has 0 saturated carbocycles. The number of rotatable bonds is 7.